The number of fused-ring (bicyclic) bond motifs is 1. The molecule has 3 rings (SSSR count). The predicted molar refractivity (Wildman–Crippen MR) is 79.7 cm³/mol. The predicted octanol–water partition coefficient (Wildman–Crippen LogP) is 3.28. The van der Waals surface area contributed by atoms with Crippen LogP contribution in [0.5, 0.6) is 0 Å². The highest BCUT2D eigenvalue weighted by Crippen LogP contribution is 2.26. The number of thiazole rings is 1. The fraction of sp³-hybridized carbons (Fsp3) is 0.231. The molecule has 98 valence electrons. The van der Waals surface area contributed by atoms with Crippen molar-refractivity contribution in [2.45, 2.75) is 19.9 Å². The quantitative estimate of drug-likeness (QED) is 0.806. The van der Waals surface area contributed by atoms with Crippen LogP contribution < -0.4 is 5.73 Å². The zero-order chi connectivity index (χ0) is 13.4. The minimum atomic E-state index is 0.497. The summed E-state index contributed by atoms with van der Waals surface area (Å²) in [5.74, 6) is 0.497. The van der Waals surface area contributed by atoms with Crippen LogP contribution in [-0.2, 0) is 13.0 Å². The molecule has 0 atom stereocenters. The van der Waals surface area contributed by atoms with Gasteiger partial charge in [0.1, 0.15) is 0 Å². The van der Waals surface area contributed by atoms with E-state index in [1.165, 1.54) is 0 Å². The molecule has 0 radical (unpaired) electrons. The normalized spacial score (nSPS) is 11.3. The topological polar surface area (TPSA) is 56.7 Å². The second-order valence-electron chi connectivity index (χ2n) is 4.36. The van der Waals surface area contributed by atoms with Gasteiger partial charge in [0, 0.05) is 24.0 Å². The molecule has 0 bridgehead atoms. The Bertz CT molecular complexity index is 731. The Hall–Kier alpha value is -1.59. The van der Waals surface area contributed by atoms with E-state index in [-0.39, 0.29) is 0 Å². The molecule has 0 unspecified atom stereocenters. The number of hydrogen-bond donors (Lipinski definition) is 1. The summed E-state index contributed by atoms with van der Waals surface area (Å²) in [5.41, 5.74) is 8.76. The molecule has 4 nitrogen and oxygen atoms in total. The Morgan fingerprint density at radius 3 is 2.95 bits per heavy atom. The van der Waals surface area contributed by atoms with Crippen molar-refractivity contribution >= 4 is 39.9 Å². The first-order valence-electron chi connectivity index (χ1n) is 5.96. The van der Waals surface area contributed by atoms with Gasteiger partial charge in [-0.1, -0.05) is 17.7 Å². The third-order valence-corrected chi connectivity index (χ3v) is 4.29. The second-order valence-corrected chi connectivity index (χ2v) is 5.71. The largest absolute Gasteiger partial charge is 0.369 e. The first kappa shape index (κ1) is 12.4. The number of para-hydroxylation sites is 1. The van der Waals surface area contributed by atoms with Gasteiger partial charge in [-0.3, -0.25) is 0 Å². The molecule has 0 spiro atoms. The first-order chi connectivity index (χ1) is 9.15. The van der Waals surface area contributed by atoms with Gasteiger partial charge >= 0.3 is 0 Å². The molecular weight excluding hydrogens is 280 g/mol. The van der Waals surface area contributed by atoms with Gasteiger partial charge in [0.2, 0.25) is 5.95 Å². The Morgan fingerprint density at radius 1 is 1.37 bits per heavy atom. The molecule has 3 aromatic rings. The number of rotatable bonds is 3. The van der Waals surface area contributed by atoms with Crippen LogP contribution in [0.25, 0.3) is 11.0 Å². The van der Waals surface area contributed by atoms with Crippen molar-refractivity contribution in [1.29, 1.82) is 0 Å². The SMILES string of the molecule is Cc1csc(CCn2c(N)nc3cccc(Cl)c32)n1. The van der Waals surface area contributed by atoms with Crippen molar-refractivity contribution in [3.63, 3.8) is 0 Å². The van der Waals surface area contributed by atoms with Gasteiger partial charge in [-0.15, -0.1) is 11.3 Å². The summed E-state index contributed by atoms with van der Waals surface area (Å²) in [7, 11) is 0. The number of anilines is 1. The summed E-state index contributed by atoms with van der Waals surface area (Å²) < 4.78 is 1.95. The van der Waals surface area contributed by atoms with E-state index in [1.807, 2.05) is 29.7 Å². The Balaban J connectivity index is 1.94. The van der Waals surface area contributed by atoms with E-state index in [0.29, 0.717) is 11.0 Å². The summed E-state index contributed by atoms with van der Waals surface area (Å²) in [6, 6.07) is 5.66. The maximum absolute atomic E-state index is 6.23. The molecule has 0 amide bonds. The maximum atomic E-state index is 6.23. The third kappa shape index (κ3) is 2.31. The summed E-state index contributed by atoms with van der Waals surface area (Å²) in [6.45, 7) is 2.73. The van der Waals surface area contributed by atoms with Gasteiger partial charge < -0.3 is 10.3 Å². The van der Waals surface area contributed by atoms with Gasteiger partial charge in [-0.2, -0.15) is 0 Å². The van der Waals surface area contributed by atoms with Crippen LogP contribution in [0, 0.1) is 6.92 Å². The molecule has 2 heterocycles. The van der Waals surface area contributed by atoms with E-state index >= 15 is 0 Å². The van der Waals surface area contributed by atoms with E-state index in [4.69, 9.17) is 17.3 Å². The van der Waals surface area contributed by atoms with E-state index in [1.54, 1.807) is 11.3 Å². The van der Waals surface area contributed by atoms with Gasteiger partial charge in [0.15, 0.2) is 0 Å². The van der Waals surface area contributed by atoms with Crippen molar-refractivity contribution in [3.05, 3.63) is 39.3 Å². The highest BCUT2D eigenvalue weighted by molar-refractivity contribution is 7.09. The number of hydrogen-bond acceptors (Lipinski definition) is 4. The molecule has 1 aromatic carbocycles. The fourth-order valence-corrected chi connectivity index (χ4v) is 3.15. The number of nitrogens with zero attached hydrogens (tertiary/aromatic N) is 3. The number of benzene rings is 1. The van der Waals surface area contributed by atoms with Crippen molar-refractivity contribution in [3.8, 4) is 0 Å². The van der Waals surface area contributed by atoms with E-state index in [9.17, 15) is 0 Å². The lowest BCUT2D eigenvalue weighted by molar-refractivity contribution is 0.721. The molecule has 19 heavy (non-hydrogen) atoms. The fourth-order valence-electron chi connectivity index (χ4n) is 2.11. The van der Waals surface area contributed by atoms with Gasteiger partial charge in [-0.05, 0) is 19.1 Å². The summed E-state index contributed by atoms with van der Waals surface area (Å²) >= 11 is 7.90. The van der Waals surface area contributed by atoms with Crippen molar-refractivity contribution in [1.82, 2.24) is 14.5 Å². The lowest BCUT2D eigenvalue weighted by atomic mass is 10.3. The van der Waals surface area contributed by atoms with Crippen LogP contribution in [-0.4, -0.2) is 14.5 Å². The van der Waals surface area contributed by atoms with Crippen LogP contribution in [0.4, 0.5) is 5.95 Å². The Morgan fingerprint density at radius 2 is 2.21 bits per heavy atom. The van der Waals surface area contributed by atoms with Crippen LogP contribution in [0.15, 0.2) is 23.6 Å². The highest BCUT2D eigenvalue weighted by Gasteiger charge is 2.11. The lowest BCUT2D eigenvalue weighted by Gasteiger charge is -2.05. The van der Waals surface area contributed by atoms with Crippen LogP contribution in [0.1, 0.15) is 10.7 Å². The van der Waals surface area contributed by atoms with Gasteiger partial charge in [0.25, 0.3) is 0 Å². The number of aromatic nitrogens is 3. The van der Waals surface area contributed by atoms with Crippen LogP contribution >= 0.6 is 22.9 Å². The molecule has 0 fully saturated rings. The number of halogens is 1. The zero-order valence-corrected chi connectivity index (χ0v) is 12.0. The van der Waals surface area contributed by atoms with Crippen LogP contribution in [0.3, 0.4) is 0 Å². The van der Waals surface area contributed by atoms with Crippen molar-refractivity contribution in [2.24, 2.45) is 0 Å². The summed E-state index contributed by atoms with van der Waals surface area (Å²) in [5, 5.41) is 3.83. The minimum Gasteiger partial charge on any atom is -0.369 e. The molecule has 0 aliphatic carbocycles. The number of nitrogens with two attached hydrogens (primary N) is 1. The second kappa shape index (κ2) is 4.83. The van der Waals surface area contributed by atoms with Crippen LogP contribution in [0.2, 0.25) is 5.02 Å². The summed E-state index contributed by atoms with van der Waals surface area (Å²) in [4.78, 5) is 8.78. The zero-order valence-electron chi connectivity index (χ0n) is 10.4. The summed E-state index contributed by atoms with van der Waals surface area (Å²) in [6.07, 6.45) is 0.833. The van der Waals surface area contributed by atoms with Crippen molar-refractivity contribution < 1.29 is 0 Å². The lowest BCUT2D eigenvalue weighted by Crippen LogP contribution is -2.05. The monoisotopic (exact) mass is 292 g/mol. The average molecular weight is 293 g/mol. The Kier molecular flexibility index (Phi) is 3.16. The number of nitrogen functional groups attached to an aromatic ring is 1. The maximum Gasteiger partial charge on any atom is 0.201 e. The van der Waals surface area contributed by atoms with E-state index < -0.39 is 0 Å². The molecular formula is C13H13ClN4S. The number of aryl methyl sites for hydroxylation is 3. The molecule has 0 aliphatic heterocycles. The molecule has 0 aliphatic rings. The van der Waals surface area contributed by atoms with E-state index in [0.717, 1.165) is 34.7 Å². The molecule has 6 heteroatoms. The minimum absolute atomic E-state index is 0.497. The van der Waals surface area contributed by atoms with E-state index in [2.05, 4.69) is 15.3 Å². The van der Waals surface area contributed by atoms with Gasteiger partial charge in [0.05, 0.1) is 21.1 Å². The Labute approximate surface area is 119 Å². The van der Waals surface area contributed by atoms with Gasteiger partial charge in [-0.25, -0.2) is 9.97 Å². The average Bonchev–Trinajstić information content (AvgIpc) is 2.91. The van der Waals surface area contributed by atoms with Crippen molar-refractivity contribution in [2.75, 3.05) is 5.73 Å². The standard InChI is InChI=1S/C13H13ClN4S/c1-8-7-19-11(16-8)5-6-18-12-9(14)3-2-4-10(12)17-13(18)15/h2-4,7H,5-6H2,1H3,(H2,15,17). The first-order valence-corrected chi connectivity index (χ1v) is 7.22. The molecule has 0 saturated heterocycles. The molecule has 2 aromatic heterocycles. The highest BCUT2D eigenvalue weighted by atomic mass is 35.5. The number of imidazole rings is 1. The third-order valence-electron chi connectivity index (χ3n) is 2.96. The molecule has 2 N–H and O–H groups in total. The molecule has 0 saturated carbocycles. The smallest absolute Gasteiger partial charge is 0.201 e.